The fraction of sp³-hybridized carbons (Fsp3) is 0.160. The van der Waals surface area contributed by atoms with E-state index in [1.165, 1.54) is 106 Å². The molecule has 3 aliphatic carbocycles. The SMILES string of the molecule is Cc1cc2c(cc1C)C1(c3ccccc3-c3ccccc31)c1cc(C)c(C)c(N(c3ccccc3)c3ccc4c(c3)C(C)(C)c3ccccc3-4)c1-2. The van der Waals surface area contributed by atoms with Crippen molar-refractivity contribution in [2.45, 2.75) is 52.4 Å². The monoisotopic (exact) mass is 655 g/mol. The summed E-state index contributed by atoms with van der Waals surface area (Å²) < 4.78 is 0. The third kappa shape index (κ3) is 3.82. The molecule has 10 rings (SSSR count). The molecule has 0 aliphatic heterocycles. The minimum Gasteiger partial charge on any atom is -0.310 e. The molecule has 3 aliphatic rings. The lowest BCUT2D eigenvalue weighted by Crippen LogP contribution is -2.26. The molecule has 7 aromatic rings. The molecule has 0 bridgehead atoms. The van der Waals surface area contributed by atoms with Crippen LogP contribution in [-0.4, -0.2) is 0 Å². The Balaban J connectivity index is 1.33. The maximum atomic E-state index is 2.56. The predicted molar refractivity (Wildman–Crippen MR) is 214 cm³/mol. The van der Waals surface area contributed by atoms with Gasteiger partial charge in [-0.3, -0.25) is 0 Å². The van der Waals surface area contributed by atoms with Crippen molar-refractivity contribution in [3.05, 3.63) is 195 Å². The number of anilines is 3. The lowest BCUT2D eigenvalue weighted by Gasteiger charge is -2.34. The van der Waals surface area contributed by atoms with Gasteiger partial charge >= 0.3 is 0 Å². The van der Waals surface area contributed by atoms with Gasteiger partial charge in [-0.15, -0.1) is 0 Å². The van der Waals surface area contributed by atoms with Gasteiger partial charge in [0, 0.05) is 22.4 Å². The summed E-state index contributed by atoms with van der Waals surface area (Å²) in [6, 6.07) is 52.9. The minimum atomic E-state index is -0.409. The fourth-order valence-electron chi connectivity index (χ4n) is 9.86. The standard InChI is InChI=1S/C50H41N/c1-30-26-40-45(27-31(30)2)50(42-22-14-11-19-37(42)38-20-12-15-23-43(38)50)46-28-32(3)33(4)48(47(40)46)51(34-16-8-7-9-17-34)35-24-25-39-36-18-10-13-21-41(36)49(5,6)44(39)29-35/h7-29H,1-6H3. The minimum absolute atomic E-state index is 0.101. The average Bonchev–Trinajstić information content (AvgIpc) is 3.69. The molecule has 0 radical (unpaired) electrons. The van der Waals surface area contributed by atoms with Gasteiger partial charge in [0.15, 0.2) is 0 Å². The zero-order valence-corrected chi connectivity index (χ0v) is 30.2. The van der Waals surface area contributed by atoms with Crippen LogP contribution in [0.4, 0.5) is 17.1 Å². The van der Waals surface area contributed by atoms with Crippen LogP contribution < -0.4 is 4.90 Å². The van der Waals surface area contributed by atoms with Gasteiger partial charge in [-0.1, -0.05) is 129 Å². The van der Waals surface area contributed by atoms with Crippen LogP contribution in [-0.2, 0) is 10.8 Å². The van der Waals surface area contributed by atoms with Gasteiger partial charge in [-0.05, 0) is 135 Å². The first-order chi connectivity index (χ1) is 24.7. The van der Waals surface area contributed by atoms with Crippen LogP contribution in [0.2, 0.25) is 0 Å². The van der Waals surface area contributed by atoms with E-state index in [9.17, 15) is 0 Å². The first-order valence-electron chi connectivity index (χ1n) is 18.3. The molecule has 0 unspecified atom stereocenters. The fourth-order valence-corrected chi connectivity index (χ4v) is 9.86. The highest BCUT2D eigenvalue weighted by Gasteiger charge is 2.53. The topological polar surface area (TPSA) is 3.24 Å². The number of nitrogens with zero attached hydrogens (tertiary/aromatic N) is 1. The molecule has 0 saturated carbocycles. The molecule has 0 N–H and O–H groups in total. The number of hydrogen-bond acceptors (Lipinski definition) is 1. The van der Waals surface area contributed by atoms with Crippen LogP contribution >= 0.6 is 0 Å². The number of fused-ring (bicyclic) bond motifs is 13. The van der Waals surface area contributed by atoms with Gasteiger partial charge < -0.3 is 4.90 Å². The van der Waals surface area contributed by atoms with Crippen LogP contribution in [0.25, 0.3) is 33.4 Å². The van der Waals surface area contributed by atoms with Crippen molar-refractivity contribution in [3.8, 4) is 33.4 Å². The van der Waals surface area contributed by atoms with Crippen molar-refractivity contribution in [1.29, 1.82) is 0 Å². The molecule has 1 heteroatoms. The van der Waals surface area contributed by atoms with E-state index in [2.05, 4.69) is 186 Å². The summed E-state index contributed by atoms with van der Waals surface area (Å²) in [6.45, 7) is 13.9. The van der Waals surface area contributed by atoms with E-state index in [4.69, 9.17) is 0 Å². The zero-order chi connectivity index (χ0) is 34.8. The molecular weight excluding hydrogens is 615 g/mol. The summed E-state index contributed by atoms with van der Waals surface area (Å²) in [5.74, 6) is 0. The third-order valence-electron chi connectivity index (χ3n) is 12.5. The Morgan fingerprint density at radius 2 is 0.922 bits per heavy atom. The van der Waals surface area contributed by atoms with Gasteiger partial charge in [0.2, 0.25) is 0 Å². The Bertz CT molecular complexity index is 2560. The predicted octanol–water partition coefficient (Wildman–Crippen LogP) is 13.0. The molecule has 0 fully saturated rings. The van der Waals surface area contributed by atoms with E-state index >= 15 is 0 Å². The molecule has 51 heavy (non-hydrogen) atoms. The molecule has 0 saturated heterocycles. The van der Waals surface area contributed by atoms with Crippen molar-refractivity contribution in [2.24, 2.45) is 0 Å². The Kier molecular flexibility index (Phi) is 6.18. The van der Waals surface area contributed by atoms with Crippen LogP contribution in [0.15, 0.2) is 140 Å². The lowest BCUT2D eigenvalue weighted by atomic mass is 9.70. The second-order valence-electron chi connectivity index (χ2n) is 15.5. The summed E-state index contributed by atoms with van der Waals surface area (Å²) in [7, 11) is 0. The van der Waals surface area contributed by atoms with Gasteiger partial charge in [-0.25, -0.2) is 0 Å². The number of hydrogen-bond donors (Lipinski definition) is 0. The average molecular weight is 656 g/mol. The third-order valence-corrected chi connectivity index (χ3v) is 12.5. The van der Waals surface area contributed by atoms with Crippen molar-refractivity contribution in [1.82, 2.24) is 0 Å². The smallest absolute Gasteiger partial charge is 0.0726 e. The van der Waals surface area contributed by atoms with E-state index in [1.54, 1.807) is 0 Å². The largest absolute Gasteiger partial charge is 0.310 e. The molecule has 0 aromatic heterocycles. The van der Waals surface area contributed by atoms with Crippen molar-refractivity contribution >= 4 is 17.1 Å². The van der Waals surface area contributed by atoms with E-state index in [1.807, 2.05) is 0 Å². The quantitative estimate of drug-likeness (QED) is 0.183. The Morgan fingerprint density at radius 3 is 1.59 bits per heavy atom. The molecule has 0 heterocycles. The van der Waals surface area contributed by atoms with E-state index < -0.39 is 5.41 Å². The van der Waals surface area contributed by atoms with Gasteiger partial charge in [-0.2, -0.15) is 0 Å². The molecule has 1 nitrogen and oxygen atoms in total. The van der Waals surface area contributed by atoms with Crippen LogP contribution in [0.3, 0.4) is 0 Å². The van der Waals surface area contributed by atoms with Crippen LogP contribution in [0.1, 0.15) is 69.5 Å². The maximum absolute atomic E-state index is 2.56. The Labute approximate surface area is 301 Å². The second-order valence-corrected chi connectivity index (χ2v) is 15.5. The normalized spacial score (nSPS) is 14.8. The summed E-state index contributed by atoms with van der Waals surface area (Å²) in [6.07, 6.45) is 0. The van der Waals surface area contributed by atoms with Gasteiger partial charge in [0.1, 0.15) is 0 Å². The van der Waals surface area contributed by atoms with Crippen molar-refractivity contribution < 1.29 is 0 Å². The zero-order valence-electron chi connectivity index (χ0n) is 30.2. The Hall–Kier alpha value is -5.66. The molecule has 0 amide bonds. The first kappa shape index (κ1) is 30.2. The molecule has 1 spiro atoms. The highest BCUT2D eigenvalue weighted by Crippen LogP contribution is 2.66. The summed E-state index contributed by atoms with van der Waals surface area (Å²) in [5, 5.41) is 0. The van der Waals surface area contributed by atoms with Crippen LogP contribution in [0.5, 0.6) is 0 Å². The lowest BCUT2D eigenvalue weighted by molar-refractivity contribution is 0.660. The molecule has 0 atom stereocenters. The van der Waals surface area contributed by atoms with Crippen LogP contribution in [0, 0.1) is 27.7 Å². The number of rotatable bonds is 3. The molecule has 7 aromatic carbocycles. The summed E-state index contributed by atoms with van der Waals surface area (Å²) in [5.41, 5.74) is 24.8. The van der Waals surface area contributed by atoms with E-state index in [0.717, 1.165) is 0 Å². The van der Waals surface area contributed by atoms with Crippen molar-refractivity contribution in [2.75, 3.05) is 4.90 Å². The number of aryl methyl sites for hydroxylation is 3. The molecule has 246 valence electrons. The Morgan fingerprint density at radius 1 is 0.392 bits per heavy atom. The first-order valence-corrected chi connectivity index (χ1v) is 18.3. The highest BCUT2D eigenvalue weighted by molar-refractivity contribution is 6.03. The molecular formula is C50H41N. The summed E-state index contributed by atoms with van der Waals surface area (Å²) in [4.78, 5) is 2.56. The van der Waals surface area contributed by atoms with Crippen molar-refractivity contribution in [3.63, 3.8) is 0 Å². The van der Waals surface area contributed by atoms with Gasteiger partial charge in [0.05, 0.1) is 11.1 Å². The van der Waals surface area contributed by atoms with E-state index in [-0.39, 0.29) is 5.41 Å². The number of benzene rings is 7. The number of para-hydroxylation sites is 1. The van der Waals surface area contributed by atoms with Gasteiger partial charge in [0.25, 0.3) is 0 Å². The summed E-state index contributed by atoms with van der Waals surface area (Å²) >= 11 is 0. The van der Waals surface area contributed by atoms with E-state index in [0.29, 0.717) is 0 Å². The second kappa shape index (κ2) is 10.4. The highest BCUT2D eigenvalue weighted by atomic mass is 15.1. The maximum Gasteiger partial charge on any atom is 0.0726 e.